The number of nitrogens with zero attached hydrogens (tertiary/aromatic N) is 1. The van der Waals surface area contributed by atoms with Gasteiger partial charge in [-0.15, -0.1) is 0 Å². The van der Waals surface area contributed by atoms with Gasteiger partial charge in [0.25, 0.3) is 11.8 Å². The highest BCUT2D eigenvalue weighted by molar-refractivity contribution is 6.30. The molecular weight excluding hydrogens is 439 g/mol. The predicted molar refractivity (Wildman–Crippen MR) is 117 cm³/mol. The standard InChI is InChI=1S/C23H26ClFN2O5/c1-14-5-8-23(9-6-14,22(29)30)27-20(28)16-12-19(21(31-2)26-13-16)32-10-7-15-11-17(24)3-4-18(15)25/h3-4,11-14H,5-10H2,1-2H3,(H,27,28)(H,29,30). The molecule has 1 aliphatic rings. The molecule has 1 aliphatic carbocycles. The summed E-state index contributed by atoms with van der Waals surface area (Å²) in [6.07, 6.45) is 3.73. The number of amides is 1. The lowest BCUT2D eigenvalue weighted by atomic mass is 9.77. The fraction of sp³-hybridized carbons (Fsp3) is 0.435. The molecule has 2 aromatic rings. The third-order valence-corrected chi connectivity index (χ3v) is 6.04. The summed E-state index contributed by atoms with van der Waals surface area (Å²) in [6.45, 7) is 2.16. The fourth-order valence-corrected chi connectivity index (χ4v) is 3.95. The predicted octanol–water partition coefficient (Wildman–Crippen LogP) is 4.27. The third kappa shape index (κ3) is 5.48. The molecule has 1 aromatic heterocycles. The highest BCUT2D eigenvalue weighted by atomic mass is 35.5. The zero-order chi connectivity index (χ0) is 23.3. The molecule has 0 bridgehead atoms. The molecule has 1 aromatic carbocycles. The second-order valence-corrected chi connectivity index (χ2v) is 8.53. The second kappa shape index (κ2) is 10.2. The van der Waals surface area contributed by atoms with E-state index in [0.29, 0.717) is 29.3 Å². The SMILES string of the molecule is COc1ncc(C(=O)NC2(C(=O)O)CCC(C)CC2)cc1OCCc1cc(Cl)ccc1F. The minimum absolute atomic E-state index is 0.0946. The number of pyridine rings is 1. The summed E-state index contributed by atoms with van der Waals surface area (Å²) in [4.78, 5) is 28.9. The topological polar surface area (TPSA) is 97.8 Å². The first-order valence-corrected chi connectivity index (χ1v) is 10.8. The van der Waals surface area contributed by atoms with Gasteiger partial charge in [0, 0.05) is 23.7 Å². The Kier molecular flexibility index (Phi) is 7.56. The number of rotatable bonds is 8. The molecule has 1 amide bonds. The Morgan fingerprint density at radius 1 is 1.31 bits per heavy atom. The first kappa shape index (κ1) is 23.8. The molecule has 3 rings (SSSR count). The van der Waals surface area contributed by atoms with Gasteiger partial charge in [-0.1, -0.05) is 18.5 Å². The maximum Gasteiger partial charge on any atom is 0.329 e. The van der Waals surface area contributed by atoms with Crippen molar-refractivity contribution in [2.75, 3.05) is 13.7 Å². The monoisotopic (exact) mass is 464 g/mol. The number of hydrogen-bond acceptors (Lipinski definition) is 5. The van der Waals surface area contributed by atoms with E-state index in [-0.39, 0.29) is 30.2 Å². The van der Waals surface area contributed by atoms with E-state index in [9.17, 15) is 19.1 Å². The number of ether oxygens (including phenoxy) is 2. The fourth-order valence-electron chi connectivity index (χ4n) is 3.76. The van der Waals surface area contributed by atoms with Crippen molar-refractivity contribution in [3.8, 4) is 11.6 Å². The average molecular weight is 465 g/mol. The van der Waals surface area contributed by atoms with E-state index in [1.165, 1.54) is 37.6 Å². The number of methoxy groups -OCH3 is 1. The number of benzene rings is 1. The molecule has 0 saturated heterocycles. The molecule has 172 valence electrons. The molecule has 0 aliphatic heterocycles. The number of carboxylic acid groups (broad SMARTS) is 1. The van der Waals surface area contributed by atoms with Crippen molar-refractivity contribution < 1.29 is 28.6 Å². The van der Waals surface area contributed by atoms with Crippen LogP contribution in [-0.4, -0.2) is 41.2 Å². The van der Waals surface area contributed by atoms with E-state index in [1.54, 1.807) is 0 Å². The van der Waals surface area contributed by atoms with Crippen molar-refractivity contribution >= 4 is 23.5 Å². The summed E-state index contributed by atoms with van der Waals surface area (Å²) in [5.74, 6) is -1.21. The molecular formula is C23H26ClFN2O5. The van der Waals surface area contributed by atoms with Gasteiger partial charge in [-0.3, -0.25) is 4.79 Å². The van der Waals surface area contributed by atoms with Crippen LogP contribution in [0.1, 0.15) is 48.5 Å². The van der Waals surface area contributed by atoms with Crippen LogP contribution in [0.5, 0.6) is 11.6 Å². The lowest BCUT2D eigenvalue weighted by Gasteiger charge is -2.36. The van der Waals surface area contributed by atoms with E-state index >= 15 is 0 Å². The highest BCUT2D eigenvalue weighted by Crippen LogP contribution is 2.33. The van der Waals surface area contributed by atoms with E-state index in [2.05, 4.69) is 17.2 Å². The van der Waals surface area contributed by atoms with E-state index in [4.69, 9.17) is 21.1 Å². The van der Waals surface area contributed by atoms with Gasteiger partial charge in [0.2, 0.25) is 0 Å². The Labute approximate surface area is 190 Å². The summed E-state index contributed by atoms with van der Waals surface area (Å²) < 4.78 is 24.8. The van der Waals surface area contributed by atoms with E-state index in [1.807, 2.05) is 0 Å². The third-order valence-electron chi connectivity index (χ3n) is 5.80. The minimum Gasteiger partial charge on any atom is -0.488 e. The van der Waals surface area contributed by atoms with Crippen LogP contribution in [0.3, 0.4) is 0 Å². The number of aromatic nitrogens is 1. The number of nitrogens with one attached hydrogen (secondary N) is 1. The van der Waals surface area contributed by atoms with Crippen molar-refractivity contribution in [3.63, 3.8) is 0 Å². The summed E-state index contributed by atoms with van der Waals surface area (Å²) in [5, 5.41) is 12.9. The smallest absolute Gasteiger partial charge is 0.329 e. The molecule has 0 unspecified atom stereocenters. The molecule has 1 saturated carbocycles. The van der Waals surface area contributed by atoms with Gasteiger partial charge in [-0.25, -0.2) is 14.2 Å². The van der Waals surface area contributed by atoms with Gasteiger partial charge >= 0.3 is 5.97 Å². The van der Waals surface area contributed by atoms with Crippen LogP contribution in [0.25, 0.3) is 0 Å². The van der Waals surface area contributed by atoms with E-state index in [0.717, 1.165) is 12.8 Å². The molecule has 0 spiro atoms. The van der Waals surface area contributed by atoms with Gasteiger partial charge < -0.3 is 19.9 Å². The lowest BCUT2D eigenvalue weighted by molar-refractivity contribution is -0.146. The maximum absolute atomic E-state index is 13.9. The number of hydrogen-bond donors (Lipinski definition) is 2. The van der Waals surface area contributed by atoms with Gasteiger partial charge in [-0.2, -0.15) is 0 Å². The van der Waals surface area contributed by atoms with Crippen LogP contribution < -0.4 is 14.8 Å². The summed E-state index contributed by atoms with van der Waals surface area (Å²) in [5.41, 5.74) is -0.753. The normalized spacial score (nSPS) is 20.4. The zero-order valence-electron chi connectivity index (χ0n) is 18.0. The van der Waals surface area contributed by atoms with Gasteiger partial charge in [-0.05, 0) is 55.4 Å². The van der Waals surface area contributed by atoms with Crippen LogP contribution in [0.4, 0.5) is 4.39 Å². The largest absolute Gasteiger partial charge is 0.488 e. The molecule has 0 radical (unpaired) electrons. The lowest BCUT2D eigenvalue weighted by Crippen LogP contribution is -2.56. The number of halogens is 2. The summed E-state index contributed by atoms with van der Waals surface area (Å²) >= 11 is 5.91. The van der Waals surface area contributed by atoms with Crippen molar-refractivity contribution in [2.45, 2.75) is 44.6 Å². The maximum atomic E-state index is 13.9. The van der Waals surface area contributed by atoms with Gasteiger partial charge in [0.15, 0.2) is 5.75 Å². The first-order chi connectivity index (χ1) is 15.2. The van der Waals surface area contributed by atoms with Gasteiger partial charge in [0.05, 0.1) is 19.3 Å². The highest BCUT2D eigenvalue weighted by Gasteiger charge is 2.42. The summed E-state index contributed by atoms with van der Waals surface area (Å²) in [6, 6.07) is 5.72. The van der Waals surface area contributed by atoms with Crippen molar-refractivity contribution in [3.05, 3.63) is 52.4 Å². The first-order valence-electron chi connectivity index (χ1n) is 10.4. The Bertz CT molecular complexity index is 992. The molecule has 1 fully saturated rings. The Hall–Kier alpha value is -2.87. The molecule has 2 N–H and O–H groups in total. The molecule has 32 heavy (non-hydrogen) atoms. The Morgan fingerprint density at radius 3 is 2.69 bits per heavy atom. The minimum atomic E-state index is -1.30. The number of carbonyl (C=O) groups excluding carboxylic acids is 1. The van der Waals surface area contributed by atoms with Crippen LogP contribution >= 0.6 is 11.6 Å². The van der Waals surface area contributed by atoms with E-state index < -0.39 is 23.2 Å². The molecule has 9 heteroatoms. The van der Waals surface area contributed by atoms with Crippen LogP contribution in [0.2, 0.25) is 5.02 Å². The van der Waals surface area contributed by atoms with Crippen molar-refractivity contribution in [1.82, 2.24) is 10.3 Å². The van der Waals surface area contributed by atoms with Crippen LogP contribution in [0, 0.1) is 11.7 Å². The zero-order valence-corrected chi connectivity index (χ0v) is 18.7. The van der Waals surface area contributed by atoms with Gasteiger partial charge in [0.1, 0.15) is 11.4 Å². The van der Waals surface area contributed by atoms with Crippen molar-refractivity contribution in [1.29, 1.82) is 0 Å². The number of carboxylic acids is 1. The Morgan fingerprint density at radius 2 is 2.03 bits per heavy atom. The molecule has 1 heterocycles. The number of aliphatic carboxylic acids is 1. The van der Waals surface area contributed by atoms with Crippen LogP contribution in [0.15, 0.2) is 30.5 Å². The number of carbonyl (C=O) groups is 2. The quantitative estimate of drug-likeness (QED) is 0.605. The molecule has 7 nitrogen and oxygen atoms in total. The second-order valence-electron chi connectivity index (χ2n) is 8.09. The Balaban J connectivity index is 1.72. The average Bonchev–Trinajstić information content (AvgIpc) is 2.77. The summed E-state index contributed by atoms with van der Waals surface area (Å²) in [7, 11) is 1.41. The molecule has 0 atom stereocenters. The van der Waals surface area contributed by atoms with Crippen LogP contribution in [-0.2, 0) is 11.2 Å². The van der Waals surface area contributed by atoms with Crippen molar-refractivity contribution in [2.24, 2.45) is 5.92 Å².